The normalized spacial score (nSPS) is 22.3. The average Bonchev–Trinajstić information content (AvgIpc) is 2.99. The molecular formula is C18H19ClN4O3. The van der Waals surface area contributed by atoms with Gasteiger partial charge >= 0.3 is 0 Å². The van der Waals surface area contributed by atoms with Crippen molar-refractivity contribution in [1.82, 2.24) is 20.0 Å². The molecule has 8 heteroatoms. The summed E-state index contributed by atoms with van der Waals surface area (Å²) in [5, 5.41) is 7.49. The first kappa shape index (κ1) is 16.9. The Morgan fingerprint density at radius 2 is 2.23 bits per heavy atom. The second kappa shape index (κ2) is 6.64. The monoisotopic (exact) mass is 374 g/mol. The van der Waals surface area contributed by atoms with Gasteiger partial charge in [0.15, 0.2) is 0 Å². The molecule has 2 aliphatic rings. The van der Waals surface area contributed by atoms with E-state index in [0.29, 0.717) is 36.0 Å². The van der Waals surface area contributed by atoms with E-state index in [4.69, 9.17) is 16.3 Å². The SMILES string of the molecule is O=C1NC[C@@]2(CCCN(C(=O)Cn3cc(Cl)cn3)C2)Oc2ccccc21. The minimum atomic E-state index is -0.613. The lowest BCUT2D eigenvalue weighted by atomic mass is 9.92. The number of benzene rings is 1. The van der Waals surface area contributed by atoms with E-state index < -0.39 is 5.60 Å². The lowest BCUT2D eigenvalue weighted by Gasteiger charge is -2.42. The molecule has 0 saturated carbocycles. The summed E-state index contributed by atoms with van der Waals surface area (Å²) in [4.78, 5) is 26.7. The molecule has 0 bridgehead atoms. The van der Waals surface area contributed by atoms with Gasteiger partial charge in [0.2, 0.25) is 5.91 Å². The van der Waals surface area contributed by atoms with Gasteiger partial charge in [-0.05, 0) is 25.0 Å². The second-order valence-corrected chi connectivity index (χ2v) is 7.18. The van der Waals surface area contributed by atoms with Crippen LogP contribution in [0.3, 0.4) is 0 Å². The molecule has 26 heavy (non-hydrogen) atoms. The van der Waals surface area contributed by atoms with Gasteiger partial charge < -0.3 is 15.0 Å². The van der Waals surface area contributed by atoms with Crippen LogP contribution in [-0.2, 0) is 11.3 Å². The standard InChI is InChI=1S/C18H19ClN4O3/c19-13-8-21-23(9-13)10-16(24)22-7-3-6-18(12-22)11-20-17(25)14-4-1-2-5-15(14)26-18/h1-2,4-5,8-9H,3,6-7,10-12H2,(H,20,25)/t18-/m1/s1. The molecule has 0 aliphatic carbocycles. The van der Waals surface area contributed by atoms with Gasteiger partial charge in [0.05, 0.1) is 29.9 Å². The third kappa shape index (κ3) is 3.26. The van der Waals surface area contributed by atoms with E-state index in [1.165, 1.54) is 10.9 Å². The van der Waals surface area contributed by atoms with Crippen molar-refractivity contribution < 1.29 is 14.3 Å². The number of ether oxygens (including phenoxy) is 1. The van der Waals surface area contributed by atoms with Gasteiger partial charge in [-0.25, -0.2) is 0 Å². The molecule has 1 N–H and O–H groups in total. The Hall–Kier alpha value is -2.54. The van der Waals surface area contributed by atoms with Gasteiger partial charge in [-0.1, -0.05) is 23.7 Å². The van der Waals surface area contributed by atoms with Crippen molar-refractivity contribution >= 4 is 23.4 Å². The zero-order valence-electron chi connectivity index (χ0n) is 14.2. The van der Waals surface area contributed by atoms with Crippen LogP contribution in [0.25, 0.3) is 0 Å². The molecule has 0 radical (unpaired) electrons. The van der Waals surface area contributed by atoms with Crippen LogP contribution in [0.2, 0.25) is 5.02 Å². The van der Waals surface area contributed by atoms with Crippen LogP contribution in [0.5, 0.6) is 5.75 Å². The molecule has 3 heterocycles. The number of piperidine rings is 1. The highest BCUT2D eigenvalue weighted by atomic mass is 35.5. The molecule has 1 spiro atoms. The van der Waals surface area contributed by atoms with Gasteiger partial charge in [0.25, 0.3) is 5.91 Å². The number of hydrogen-bond donors (Lipinski definition) is 1. The maximum Gasteiger partial charge on any atom is 0.255 e. The number of amides is 2. The zero-order valence-corrected chi connectivity index (χ0v) is 14.9. The van der Waals surface area contributed by atoms with E-state index in [1.807, 2.05) is 12.1 Å². The molecular weight excluding hydrogens is 356 g/mol. The fourth-order valence-electron chi connectivity index (χ4n) is 3.55. The Kier molecular flexibility index (Phi) is 4.32. The van der Waals surface area contributed by atoms with Crippen LogP contribution in [0.15, 0.2) is 36.7 Å². The van der Waals surface area contributed by atoms with Crippen molar-refractivity contribution in [3.63, 3.8) is 0 Å². The number of hydrogen-bond acceptors (Lipinski definition) is 4. The summed E-state index contributed by atoms with van der Waals surface area (Å²) in [7, 11) is 0. The quantitative estimate of drug-likeness (QED) is 0.868. The van der Waals surface area contributed by atoms with Gasteiger partial charge in [0, 0.05) is 12.7 Å². The number of carbonyl (C=O) groups is 2. The largest absolute Gasteiger partial charge is 0.483 e. The number of nitrogens with one attached hydrogen (secondary N) is 1. The second-order valence-electron chi connectivity index (χ2n) is 6.74. The molecule has 1 aromatic heterocycles. The minimum absolute atomic E-state index is 0.0451. The van der Waals surface area contributed by atoms with E-state index in [2.05, 4.69) is 10.4 Å². The molecule has 1 aromatic carbocycles. The average molecular weight is 375 g/mol. The van der Waals surface area contributed by atoms with E-state index in [0.717, 1.165) is 12.8 Å². The number of likely N-dealkylation sites (tertiary alicyclic amines) is 1. The number of halogens is 1. The van der Waals surface area contributed by atoms with Crippen LogP contribution in [0, 0.1) is 0 Å². The third-order valence-electron chi connectivity index (χ3n) is 4.82. The number of rotatable bonds is 2. The summed E-state index contributed by atoms with van der Waals surface area (Å²) in [6, 6.07) is 7.20. The van der Waals surface area contributed by atoms with Gasteiger partial charge in [-0.3, -0.25) is 14.3 Å². The molecule has 1 atom stereocenters. The smallest absolute Gasteiger partial charge is 0.255 e. The van der Waals surface area contributed by atoms with Crippen LogP contribution in [-0.4, -0.2) is 51.7 Å². The lowest BCUT2D eigenvalue weighted by Crippen LogP contribution is -2.58. The predicted octanol–water partition coefficient (Wildman–Crippen LogP) is 1.72. The van der Waals surface area contributed by atoms with Crippen molar-refractivity contribution in [2.75, 3.05) is 19.6 Å². The molecule has 4 rings (SSSR count). The summed E-state index contributed by atoms with van der Waals surface area (Å²) < 4.78 is 7.79. The Bertz CT molecular complexity index is 852. The Morgan fingerprint density at radius 1 is 1.38 bits per heavy atom. The fraction of sp³-hybridized carbons (Fsp3) is 0.389. The van der Waals surface area contributed by atoms with Gasteiger partial charge in [0.1, 0.15) is 17.9 Å². The first-order chi connectivity index (χ1) is 12.5. The van der Waals surface area contributed by atoms with Gasteiger partial charge in [-0.2, -0.15) is 5.10 Å². The lowest BCUT2D eigenvalue weighted by molar-refractivity contribution is -0.137. The third-order valence-corrected chi connectivity index (χ3v) is 5.02. The molecule has 0 unspecified atom stereocenters. The van der Waals surface area contributed by atoms with Crippen molar-refractivity contribution in [2.45, 2.75) is 25.0 Å². The highest BCUT2D eigenvalue weighted by Crippen LogP contribution is 2.32. The van der Waals surface area contributed by atoms with E-state index in [9.17, 15) is 9.59 Å². The predicted molar refractivity (Wildman–Crippen MR) is 95.2 cm³/mol. The summed E-state index contributed by atoms with van der Waals surface area (Å²) in [6.07, 6.45) is 4.72. The summed E-state index contributed by atoms with van der Waals surface area (Å²) in [5.41, 5.74) is -0.0863. The van der Waals surface area contributed by atoms with Crippen LogP contribution in [0.1, 0.15) is 23.2 Å². The Labute approximate surface area is 155 Å². The molecule has 2 amide bonds. The van der Waals surface area contributed by atoms with Crippen molar-refractivity contribution in [2.24, 2.45) is 0 Å². The minimum Gasteiger partial charge on any atom is -0.483 e. The number of carbonyl (C=O) groups excluding carboxylic acids is 2. The molecule has 2 aliphatic heterocycles. The van der Waals surface area contributed by atoms with Crippen LogP contribution >= 0.6 is 11.6 Å². The molecule has 136 valence electrons. The highest BCUT2D eigenvalue weighted by molar-refractivity contribution is 6.30. The number of nitrogens with zero attached hydrogens (tertiary/aromatic N) is 3. The van der Waals surface area contributed by atoms with Gasteiger partial charge in [-0.15, -0.1) is 0 Å². The molecule has 1 saturated heterocycles. The molecule has 1 fully saturated rings. The van der Waals surface area contributed by atoms with Crippen molar-refractivity contribution in [1.29, 1.82) is 0 Å². The summed E-state index contributed by atoms with van der Waals surface area (Å²) in [6.45, 7) is 1.59. The van der Waals surface area contributed by atoms with Crippen LogP contribution in [0.4, 0.5) is 0 Å². The van der Waals surface area contributed by atoms with Crippen molar-refractivity contribution in [3.05, 3.63) is 47.2 Å². The number of para-hydroxylation sites is 1. The maximum absolute atomic E-state index is 12.7. The molecule has 7 nitrogen and oxygen atoms in total. The summed E-state index contributed by atoms with van der Waals surface area (Å²) in [5.74, 6) is 0.374. The van der Waals surface area contributed by atoms with E-state index in [-0.39, 0.29) is 18.4 Å². The van der Waals surface area contributed by atoms with Crippen LogP contribution < -0.4 is 10.1 Å². The summed E-state index contributed by atoms with van der Waals surface area (Å²) >= 11 is 5.86. The Morgan fingerprint density at radius 3 is 3.04 bits per heavy atom. The highest BCUT2D eigenvalue weighted by Gasteiger charge is 2.42. The zero-order chi connectivity index (χ0) is 18.1. The van der Waals surface area contributed by atoms with Crippen molar-refractivity contribution in [3.8, 4) is 5.75 Å². The number of fused-ring (bicyclic) bond motifs is 1. The van der Waals surface area contributed by atoms with E-state index >= 15 is 0 Å². The molecule has 2 aromatic rings. The Balaban J connectivity index is 1.52. The first-order valence-electron chi connectivity index (χ1n) is 8.57. The fourth-order valence-corrected chi connectivity index (χ4v) is 3.71. The first-order valence-corrected chi connectivity index (χ1v) is 8.94. The number of aromatic nitrogens is 2. The maximum atomic E-state index is 12.7. The topological polar surface area (TPSA) is 76.5 Å². The van der Waals surface area contributed by atoms with E-state index in [1.54, 1.807) is 23.2 Å².